The smallest absolute Gasteiger partial charge is 0.336 e. The van der Waals surface area contributed by atoms with Gasteiger partial charge in [-0.2, -0.15) is 13.2 Å². The number of carbonyl (C=O) groups is 1. The van der Waals surface area contributed by atoms with Gasteiger partial charge in [-0.1, -0.05) is 17.7 Å². The highest BCUT2D eigenvalue weighted by atomic mass is 79.9. The van der Waals surface area contributed by atoms with Crippen LogP contribution >= 0.6 is 15.9 Å². The van der Waals surface area contributed by atoms with E-state index in [2.05, 4.69) is 26.1 Å². The lowest BCUT2D eigenvalue weighted by Gasteiger charge is -2.33. The zero-order valence-electron chi connectivity index (χ0n) is 15.6. The number of alkyl halides is 3. The maximum absolute atomic E-state index is 13.4. The molecule has 0 unspecified atom stereocenters. The molecule has 5 nitrogen and oxygen atoms in total. The first kappa shape index (κ1) is 19.9. The molecule has 1 aliphatic heterocycles. The van der Waals surface area contributed by atoms with Crippen LogP contribution in [-0.4, -0.2) is 38.5 Å². The standard InChI is InChI=1S/C20H18BrF3N4O/c1-12-2-4-16(20(22,23)24)15(10-12)13-6-8-27(9-7-13)19(29)18-26-25-17-5-3-14(21)11-28(17)18/h2-5,10-11,13H,6-9H2,1H3. The summed E-state index contributed by atoms with van der Waals surface area (Å²) < 4.78 is 42.7. The summed E-state index contributed by atoms with van der Waals surface area (Å²) in [4.78, 5) is 14.6. The highest BCUT2D eigenvalue weighted by molar-refractivity contribution is 9.10. The van der Waals surface area contributed by atoms with Gasteiger partial charge in [0, 0.05) is 23.8 Å². The number of hydrogen-bond acceptors (Lipinski definition) is 3. The molecule has 1 saturated heterocycles. The molecule has 1 fully saturated rings. The topological polar surface area (TPSA) is 50.5 Å². The summed E-state index contributed by atoms with van der Waals surface area (Å²) in [6, 6.07) is 7.82. The fraction of sp³-hybridized carbons (Fsp3) is 0.350. The van der Waals surface area contributed by atoms with Gasteiger partial charge in [0.2, 0.25) is 5.82 Å². The molecule has 1 aliphatic rings. The predicted molar refractivity (Wildman–Crippen MR) is 105 cm³/mol. The average Bonchev–Trinajstić information content (AvgIpc) is 3.09. The van der Waals surface area contributed by atoms with E-state index >= 15 is 0 Å². The van der Waals surface area contributed by atoms with Gasteiger partial charge in [-0.3, -0.25) is 9.20 Å². The zero-order valence-corrected chi connectivity index (χ0v) is 17.2. The summed E-state index contributed by atoms with van der Waals surface area (Å²) in [7, 11) is 0. The summed E-state index contributed by atoms with van der Waals surface area (Å²) >= 11 is 3.37. The van der Waals surface area contributed by atoms with Crippen molar-refractivity contribution in [2.45, 2.75) is 31.9 Å². The van der Waals surface area contributed by atoms with Crippen LogP contribution in [0.15, 0.2) is 41.0 Å². The molecule has 0 N–H and O–H groups in total. The Kier molecular flexibility index (Phi) is 5.10. The number of pyridine rings is 1. The molecule has 29 heavy (non-hydrogen) atoms. The molecule has 0 aliphatic carbocycles. The average molecular weight is 467 g/mol. The predicted octanol–water partition coefficient (Wildman–Crippen LogP) is 4.84. The van der Waals surface area contributed by atoms with E-state index in [-0.39, 0.29) is 17.6 Å². The van der Waals surface area contributed by atoms with Crippen molar-refractivity contribution in [3.63, 3.8) is 0 Å². The number of aryl methyl sites for hydroxylation is 1. The number of rotatable bonds is 2. The molecule has 2 aromatic heterocycles. The number of halogens is 4. The van der Waals surface area contributed by atoms with Crippen molar-refractivity contribution in [1.29, 1.82) is 0 Å². The molecule has 1 amide bonds. The Morgan fingerprint density at radius 2 is 1.86 bits per heavy atom. The number of piperidine rings is 1. The van der Waals surface area contributed by atoms with Crippen molar-refractivity contribution in [3.8, 4) is 0 Å². The third-order valence-corrected chi connectivity index (χ3v) is 5.76. The molecule has 0 radical (unpaired) electrons. The highest BCUT2D eigenvalue weighted by Crippen LogP contribution is 2.39. The molecule has 9 heteroatoms. The summed E-state index contributed by atoms with van der Waals surface area (Å²) in [5.74, 6) is -0.305. The maximum Gasteiger partial charge on any atom is 0.416 e. The van der Waals surface area contributed by atoms with Gasteiger partial charge in [0.25, 0.3) is 5.91 Å². The minimum atomic E-state index is -4.39. The first-order chi connectivity index (χ1) is 13.7. The van der Waals surface area contributed by atoms with E-state index in [1.54, 1.807) is 34.6 Å². The number of hydrogen-bond donors (Lipinski definition) is 0. The van der Waals surface area contributed by atoms with Gasteiger partial charge in [-0.05, 0) is 65.4 Å². The number of carbonyl (C=O) groups excluding carboxylic acids is 1. The van der Waals surface area contributed by atoms with E-state index in [0.29, 0.717) is 37.1 Å². The zero-order chi connectivity index (χ0) is 20.8. The van der Waals surface area contributed by atoms with Gasteiger partial charge >= 0.3 is 6.18 Å². The van der Waals surface area contributed by atoms with E-state index in [1.807, 2.05) is 6.07 Å². The van der Waals surface area contributed by atoms with Crippen molar-refractivity contribution in [2.75, 3.05) is 13.1 Å². The first-order valence-electron chi connectivity index (χ1n) is 9.21. The molecule has 3 heterocycles. The Bertz CT molecular complexity index is 1070. The SMILES string of the molecule is Cc1ccc(C(F)(F)F)c(C2CCN(C(=O)c3nnc4ccc(Br)cn34)CC2)c1. The fourth-order valence-corrected chi connectivity index (χ4v) is 4.16. The molecule has 3 aromatic rings. The molecule has 0 spiro atoms. The summed E-state index contributed by atoms with van der Waals surface area (Å²) in [6.45, 7) is 2.53. The van der Waals surface area contributed by atoms with E-state index in [0.717, 1.165) is 16.1 Å². The third kappa shape index (κ3) is 3.88. The van der Waals surface area contributed by atoms with Crippen molar-refractivity contribution < 1.29 is 18.0 Å². The fourth-order valence-electron chi connectivity index (χ4n) is 3.82. The molecule has 1 aromatic carbocycles. The van der Waals surface area contributed by atoms with Gasteiger partial charge in [-0.15, -0.1) is 10.2 Å². The van der Waals surface area contributed by atoms with E-state index in [1.165, 1.54) is 6.07 Å². The van der Waals surface area contributed by atoms with Gasteiger partial charge in [-0.25, -0.2) is 0 Å². The Morgan fingerprint density at radius 3 is 2.55 bits per heavy atom. The van der Waals surface area contributed by atoms with Crippen LogP contribution in [-0.2, 0) is 6.18 Å². The third-order valence-electron chi connectivity index (χ3n) is 5.29. The normalized spacial score (nSPS) is 15.8. The Labute approximate surface area is 173 Å². The maximum atomic E-state index is 13.4. The van der Waals surface area contributed by atoms with Crippen LogP contribution in [0.1, 0.15) is 46.1 Å². The van der Waals surface area contributed by atoms with Crippen LogP contribution in [0.4, 0.5) is 13.2 Å². The quantitative estimate of drug-likeness (QED) is 0.542. The largest absolute Gasteiger partial charge is 0.416 e. The van der Waals surface area contributed by atoms with Crippen LogP contribution in [0.3, 0.4) is 0 Å². The number of aromatic nitrogens is 3. The van der Waals surface area contributed by atoms with E-state index in [9.17, 15) is 18.0 Å². The lowest BCUT2D eigenvalue weighted by molar-refractivity contribution is -0.138. The Morgan fingerprint density at radius 1 is 1.14 bits per heavy atom. The molecule has 0 bridgehead atoms. The minimum Gasteiger partial charge on any atom is -0.336 e. The Hall–Kier alpha value is -2.42. The van der Waals surface area contributed by atoms with Crippen molar-refractivity contribution in [2.24, 2.45) is 0 Å². The van der Waals surface area contributed by atoms with Crippen LogP contribution in [0, 0.1) is 6.92 Å². The summed E-state index contributed by atoms with van der Waals surface area (Å²) in [5.41, 5.74) is 1.09. The molecule has 4 rings (SSSR count). The van der Waals surface area contributed by atoms with Gasteiger partial charge in [0.05, 0.1) is 5.56 Å². The second-order valence-electron chi connectivity index (χ2n) is 7.25. The number of benzene rings is 1. The lowest BCUT2D eigenvalue weighted by atomic mass is 9.85. The summed E-state index contributed by atoms with van der Waals surface area (Å²) in [5, 5.41) is 8.01. The number of nitrogens with zero attached hydrogens (tertiary/aromatic N) is 4. The highest BCUT2D eigenvalue weighted by Gasteiger charge is 2.36. The van der Waals surface area contributed by atoms with Gasteiger partial charge in [0.15, 0.2) is 5.65 Å². The van der Waals surface area contributed by atoms with Crippen LogP contribution in [0.2, 0.25) is 0 Å². The first-order valence-corrected chi connectivity index (χ1v) is 10.0. The van der Waals surface area contributed by atoms with Crippen molar-refractivity contribution in [1.82, 2.24) is 19.5 Å². The van der Waals surface area contributed by atoms with Crippen LogP contribution in [0.25, 0.3) is 5.65 Å². The molecular formula is C20H18BrF3N4O. The number of fused-ring (bicyclic) bond motifs is 1. The number of amides is 1. The van der Waals surface area contributed by atoms with E-state index < -0.39 is 11.7 Å². The van der Waals surface area contributed by atoms with Crippen molar-refractivity contribution >= 4 is 27.5 Å². The molecule has 0 saturated carbocycles. The second-order valence-corrected chi connectivity index (χ2v) is 8.17. The Balaban J connectivity index is 1.53. The molecular weight excluding hydrogens is 449 g/mol. The minimum absolute atomic E-state index is 0.200. The van der Waals surface area contributed by atoms with Crippen LogP contribution in [0.5, 0.6) is 0 Å². The monoisotopic (exact) mass is 466 g/mol. The number of likely N-dealkylation sites (tertiary alicyclic amines) is 1. The van der Waals surface area contributed by atoms with Crippen molar-refractivity contribution in [3.05, 3.63) is 63.5 Å². The molecule has 0 atom stereocenters. The second kappa shape index (κ2) is 7.44. The molecule has 152 valence electrons. The summed E-state index contributed by atoms with van der Waals surface area (Å²) in [6.07, 6.45) is -1.72. The lowest BCUT2D eigenvalue weighted by Crippen LogP contribution is -2.39. The van der Waals surface area contributed by atoms with Crippen LogP contribution < -0.4 is 0 Å². The van der Waals surface area contributed by atoms with Gasteiger partial charge in [0.1, 0.15) is 0 Å². The van der Waals surface area contributed by atoms with E-state index in [4.69, 9.17) is 0 Å². The van der Waals surface area contributed by atoms with Gasteiger partial charge < -0.3 is 4.90 Å².